The van der Waals surface area contributed by atoms with Gasteiger partial charge in [-0.1, -0.05) is 29.8 Å². The van der Waals surface area contributed by atoms with Crippen molar-refractivity contribution in [3.63, 3.8) is 0 Å². The van der Waals surface area contributed by atoms with Gasteiger partial charge in [0.1, 0.15) is 5.82 Å². The molecule has 22 heavy (non-hydrogen) atoms. The van der Waals surface area contributed by atoms with Crippen LogP contribution in [0.1, 0.15) is 15.9 Å². The average Bonchev–Trinajstić information content (AvgIpc) is 2.90. The first-order valence-corrected chi connectivity index (χ1v) is 6.79. The van der Waals surface area contributed by atoms with Crippen LogP contribution in [0.3, 0.4) is 0 Å². The number of rotatable bonds is 3. The number of benzene rings is 1. The molecule has 5 nitrogen and oxygen atoms in total. The number of aryl methyl sites for hydroxylation is 1. The molecule has 5 heteroatoms. The maximum absolute atomic E-state index is 11.0. The normalized spacial score (nSPS) is 10.6. The second-order valence-corrected chi connectivity index (χ2v) is 5.11. The molecule has 0 aliphatic rings. The summed E-state index contributed by atoms with van der Waals surface area (Å²) >= 11 is 0. The molecule has 1 aromatic carbocycles. The van der Waals surface area contributed by atoms with Crippen LogP contribution in [0.4, 0.5) is 5.69 Å². The molecule has 3 aromatic rings. The van der Waals surface area contributed by atoms with Gasteiger partial charge >= 0.3 is 5.97 Å². The maximum Gasteiger partial charge on any atom is 0.335 e. The van der Waals surface area contributed by atoms with Gasteiger partial charge in [-0.15, -0.1) is 0 Å². The van der Waals surface area contributed by atoms with Crippen molar-refractivity contribution in [2.45, 2.75) is 6.92 Å². The van der Waals surface area contributed by atoms with E-state index in [1.807, 2.05) is 37.4 Å². The summed E-state index contributed by atoms with van der Waals surface area (Å²) in [5.41, 5.74) is 9.97. The molecule has 3 rings (SSSR count). The van der Waals surface area contributed by atoms with Crippen molar-refractivity contribution in [3.8, 4) is 16.9 Å². The number of carboxylic acid groups (broad SMARTS) is 1. The molecule has 0 saturated carbocycles. The van der Waals surface area contributed by atoms with E-state index >= 15 is 0 Å². The van der Waals surface area contributed by atoms with Crippen molar-refractivity contribution >= 4 is 11.7 Å². The number of nitrogens with two attached hydrogens (primary N) is 1. The van der Waals surface area contributed by atoms with Crippen LogP contribution in [0.25, 0.3) is 16.9 Å². The number of aromatic carboxylic acids is 1. The van der Waals surface area contributed by atoms with Crippen LogP contribution in [0, 0.1) is 6.92 Å². The Labute approximate surface area is 127 Å². The van der Waals surface area contributed by atoms with Crippen molar-refractivity contribution in [3.05, 3.63) is 66.1 Å². The molecule has 0 saturated heterocycles. The molecule has 2 heterocycles. The summed E-state index contributed by atoms with van der Waals surface area (Å²) in [5, 5.41) is 9.06. The van der Waals surface area contributed by atoms with Crippen LogP contribution >= 0.6 is 0 Å². The summed E-state index contributed by atoms with van der Waals surface area (Å²) in [6.07, 6.45) is 5.07. The number of pyridine rings is 1. The van der Waals surface area contributed by atoms with Crippen molar-refractivity contribution < 1.29 is 9.90 Å². The van der Waals surface area contributed by atoms with Crippen LogP contribution in [-0.4, -0.2) is 20.6 Å². The standard InChI is InChI=1S/C17H15N3O2/c1-11-2-4-12(5-3-11)14-9-20(10-15(14)18)16-8-13(17(21)22)6-7-19-16/h2-10H,18H2,1H3,(H,21,22). The third kappa shape index (κ3) is 2.56. The quantitative estimate of drug-likeness (QED) is 0.777. The lowest BCUT2D eigenvalue weighted by Crippen LogP contribution is -2.00. The predicted octanol–water partition coefficient (Wildman–Crippen LogP) is 3.13. The molecule has 0 aliphatic heterocycles. The lowest BCUT2D eigenvalue weighted by atomic mass is 10.1. The van der Waals surface area contributed by atoms with Crippen LogP contribution in [-0.2, 0) is 0 Å². The Hall–Kier alpha value is -3.08. The first-order chi connectivity index (χ1) is 10.5. The monoisotopic (exact) mass is 293 g/mol. The first-order valence-electron chi connectivity index (χ1n) is 6.79. The second-order valence-electron chi connectivity index (χ2n) is 5.11. The third-order valence-corrected chi connectivity index (χ3v) is 3.48. The number of nitrogens with zero attached hydrogens (tertiary/aromatic N) is 2. The molecule has 3 N–H and O–H groups in total. The van der Waals surface area contributed by atoms with Crippen LogP contribution in [0.2, 0.25) is 0 Å². The summed E-state index contributed by atoms with van der Waals surface area (Å²) in [4.78, 5) is 15.2. The molecule has 0 radical (unpaired) electrons. The van der Waals surface area contributed by atoms with Crippen LogP contribution in [0.5, 0.6) is 0 Å². The summed E-state index contributed by atoms with van der Waals surface area (Å²) in [5.74, 6) is -0.465. The van der Waals surface area contributed by atoms with Crippen LogP contribution < -0.4 is 5.73 Å². The number of carboxylic acids is 1. The summed E-state index contributed by atoms with van der Waals surface area (Å²) in [6, 6.07) is 11.0. The molecule has 110 valence electrons. The molecule has 0 fully saturated rings. The van der Waals surface area contributed by atoms with Gasteiger partial charge in [-0.05, 0) is 24.6 Å². The highest BCUT2D eigenvalue weighted by Crippen LogP contribution is 2.28. The Morgan fingerprint density at radius 2 is 1.91 bits per heavy atom. The van der Waals surface area contributed by atoms with E-state index in [0.29, 0.717) is 11.5 Å². The van der Waals surface area contributed by atoms with Gasteiger partial charge in [0.2, 0.25) is 0 Å². The molecule has 0 amide bonds. The summed E-state index contributed by atoms with van der Waals surface area (Å²) < 4.78 is 1.73. The van der Waals surface area contributed by atoms with Crippen LogP contribution in [0.15, 0.2) is 55.0 Å². The number of nitrogen functional groups attached to an aromatic ring is 1. The van der Waals surface area contributed by atoms with Gasteiger partial charge in [-0.2, -0.15) is 0 Å². The summed E-state index contributed by atoms with van der Waals surface area (Å²) in [6.45, 7) is 2.03. The second kappa shape index (κ2) is 5.37. The lowest BCUT2D eigenvalue weighted by molar-refractivity contribution is 0.0696. The SMILES string of the molecule is Cc1ccc(-c2cn(-c3cc(C(=O)O)ccn3)cc2N)cc1. The fourth-order valence-corrected chi connectivity index (χ4v) is 2.27. The number of aromatic nitrogens is 2. The molecule has 0 atom stereocenters. The van der Waals surface area contributed by atoms with E-state index < -0.39 is 5.97 Å². The fraction of sp³-hybridized carbons (Fsp3) is 0.0588. The smallest absolute Gasteiger partial charge is 0.335 e. The van der Waals surface area contributed by atoms with E-state index in [1.165, 1.54) is 23.9 Å². The summed E-state index contributed by atoms with van der Waals surface area (Å²) in [7, 11) is 0. The Morgan fingerprint density at radius 3 is 2.59 bits per heavy atom. The van der Waals surface area contributed by atoms with E-state index in [4.69, 9.17) is 10.8 Å². The Morgan fingerprint density at radius 1 is 1.18 bits per heavy atom. The van der Waals surface area contributed by atoms with Crippen molar-refractivity contribution in [2.75, 3.05) is 5.73 Å². The van der Waals surface area contributed by atoms with E-state index in [-0.39, 0.29) is 5.56 Å². The molecule has 0 aliphatic carbocycles. The zero-order valence-corrected chi connectivity index (χ0v) is 12.0. The Balaban J connectivity index is 2.04. The van der Waals surface area contributed by atoms with Crippen molar-refractivity contribution in [1.82, 2.24) is 9.55 Å². The third-order valence-electron chi connectivity index (χ3n) is 3.48. The highest BCUT2D eigenvalue weighted by atomic mass is 16.4. The van der Waals surface area contributed by atoms with Gasteiger partial charge in [0.05, 0.1) is 11.3 Å². The fourth-order valence-electron chi connectivity index (χ4n) is 2.27. The predicted molar refractivity (Wildman–Crippen MR) is 85.1 cm³/mol. The molecular formula is C17H15N3O2. The molecule has 0 unspecified atom stereocenters. The van der Waals surface area contributed by atoms with Crippen molar-refractivity contribution in [1.29, 1.82) is 0 Å². The average molecular weight is 293 g/mol. The topological polar surface area (TPSA) is 81.1 Å². The highest BCUT2D eigenvalue weighted by molar-refractivity contribution is 5.88. The van der Waals surface area contributed by atoms with Gasteiger partial charge < -0.3 is 15.4 Å². The molecular weight excluding hydrogens is 278 g/mol. The van der Waals surface area contributed by atoms with E-state index in [1.54, 1.807) is 10.8 Å². The Bertz CT molecular complexity index is 835. The van der Waals surface area contributed by atoms with Gasteiger partial charge in [0, 0.05) is 24.2 Å². The van der Waals surface area contributed by atoms with E-state index in [2.05, 4.69) is 4.98 Å². The highest BCUT2D eigenvalue weighted by Gasteiger charge is 2.10. The minimum Gasteiger partial charge on any atom is -0.478 e. The van der Waals surface area contributed by atoms with E-state index in [9.17, 15) is 4.79 Å². The van der Waals surface area contributed by atoms with Crippen molar-refractivity contribution in [2.24, 2.45) is 0 Å². The van der Waals surface area contributed by atoms with Gasteiger partial charge in [-0.3, -0.25) is 0 Å². The van der Waals surface area contributed by atoms with E-state index in [0.717, 1.165) is 11.1 Å². The minimum absolute atomic E-state index is 0.189. The number of hydrogen-bond donors (Lipinski definition) is 2. The van der Waals surface area contributed by atoms with Gasteiger partial charge in [-0.25, -0.2) is 9.78 Å². The van der Waals surface area contributed by atoms with Gasteiger partial charge in [0.25, 0.3) is 0 Å². The number of hydrogen-bond acceptors (Lipinski definition) is 3. The molecule has 2 aromatic heterocycles. The zero-order valence-electron chi connectivity index (χ0n) is 12.0. The van der Waals surface area contributed by atoms with Gasteiger partial charge in [0.15, 0.2) is 0 Å². The first kappa shape index (κ1) is 13.9. The largest absolute Gasteiger partial charge is 0.478 e. The Kier molecular flexibility index (Phi) is 3.39. The minimum atomic E-state index is -0.984. The molecule has 0 spiro atoms. The maximum atomic E-state index is 11.0. The number of anilines is 1. The number of carbonyl (C=O) groups is 1. The zero-order chi connectivity index (χ0) is 15.7. The molecule has 0 bridgehead atoms. The lowest BCUT2D eigenvalue weighted by Gasteiger charge is -2.02.